The summed E-state index contributed by atoms with van der Waals surface area (Å²) < 4.78 is 5.42. The van der Waals surface area contributed by atoms with Gasteiger partial charge in [0.05, 0.1) is 11.3 Å². The minimum atomic E-state index is -0.309. The number of nitrogens with one attached hydrogen (secondary N) is 2. The first-order valence-corrected chi connectivity index (χ1v) is 6.75. The van der Waals surface area contributed by atoms with Crippen molar-refractivity contribution in [2.45, 2.75) is 20.3 Å². The maximum atomic E-state index is 11.6. The van der Waals surface area contributed by atoms with Crippen molar-refractivity contribution >= 4 is 11.7 Å². The molecule has 0 atom stereocenters. The highest BCUT2D eigenvalue weighted by Gasteiger charge is 2.04. The van der Waals surface area contributed by atoms with Gasteiger partial charge in [0, 0.05) is 19.8 Å². The van der Waals surface area contributed by atoms with E-state index in [-0.39, 0.29) is 6.03 Å². The molecule has 0 saturated carbocycles. The second kappa shape index (κ2) is 8.94. The van der Waals surface area contributed by atoms with Gasteiger partial charge in [-0.1, -0.05) is 26.0 Å². The highest BCUT2D eigenvalue weighted by Crippen LogP contribution is 2.12. The standard InChI is InChI=1S/C15H21N3O2/c1-12(2)11-20-9-5-8-17-15(19)18-14-7-4-3-6-13(14)10-16/h3-4,6-7,12H,5,8-9,11H2,1-2H3,(H2,17,18,19). The molecular weight excluding hydrogens is 254 g/mol. The van der Waals surface area contributed by atoms with Crippen molar-refractivity contribution in [3.05, 3.63) is 29.8 Å². The number of carbonyl (C=O) groups is 1. The smallest absolute Gasteiger partial charge is 0.319 e. The molecule has 20 heavy (non-hydrogen) atoms. The quantitative estimate of drug-likeness (QED) is 0.751. The molecule has 1 rings (SSSR count). The fourth-order valence-corrected chi connectivity index (χ4v) is 1.55. The van der Waals surface area contributed by atoms with E-state index in [1.807, 2.05) is 6.07 Å². The predicted molar refractivity (Wildman–Crippen MR) is 78.5 cm³/mol. The highest BCUT2D eigenvalue weighted by atomic mass is 16.5. The van der Waals surface area contributed by atoms with Gasteiger partial charge in [-0.15, -0.1) is 0 Å². The lowest BCUT2D eigenvalue weighted by molar-refractivity contribution is 0.108. The minimum Gasteiger partial charge on any atom is -0.381 e. The number of hydrogen-bond acceptors (Lipinski definition) is 3. The largest absolute Gasteiger partial charge is 0.381 e. The molecule has 0 aliphatic rings. The number of para-hydroxylation sites is 1. The fourth-order valence-electron chi connectivity index (χ4n) is 1.55. The van der Waals surface area contributed by atoms with Crippen LogP contribution in [0, 0.1) is 17.2 Å². The molecular formula is C15H21N3O2. The van der Waals surface area contributed by atoms with Gasteiger partial charge >= 0.3 is 6.03 Å². The Bertz CT molecular complexity index is 466. The zero-order valence-corrected chi connectivity index (χ0v) is 12.0. The molecule has 5 heteroatoms. The molecule has 0 heterocycles. The monoisotopic (exact) mass is 275 g/mol. The van der Waals surface area contributed by atoms with E-state index >= 15 is 0 Å². The van der Waals surface area contributed by atoms with Crippen molar-refractivity contribution in [3.8, 4) is 6.07 Å². The van der Waals surface area contributed by atoms with E-state index in [1.165, 1.54) is 0 Å². The Morgan fingerprint density at radius 1 is 1.40 bits per heavy atom. The van der Waals surface area contributed by atoms with Crippen LogP contribution in [-0.4, -0.2) is 25.8 Å². The molecule has 1 aromatic carbocycles. The van der Waals surface area contributed by atoms with Gasteiger partial charge in [-0.05, 0) is 24.5 Å². The van der Waals surface area contributed by atoms with Crippen molar-refractivity contribution in [1.29, 1.82) is 5.26 Å². The Hall–Kier alpha value is -2.06. The summed E-state index contributed by atoms with van der Waals surface area (Å²) in [5, 5.41) is 14.3. The Balaban J connectivity index is 2.22. The van der Waals surface area contributed by atoms with Crippen molar-refractivity contribution in [2.24, 2.45) is 5.92 Å². The minimum absolute atomic E-state index is 0.309. The lowest BCUT2D eigenvalue weighted by Crippen LogP contribution is -2.30. The van der Waals surface area contributed by atoms with E-state index in [1.54, 1.807) is 24.3 Å². The van der Waals surface area contributed by atoms with Crippen LogP contribution in [-0.2, 0) is 4.74 Å². The summed E-state index contributed by atoms with van der Waals surface area (Å²) in [4.78, 5) is 11.6. The molecule has 1 aromatic rings. The fraction of sp³-hybridized carbons (Fsp3) is 0.467. The molecule has 0 spiro atoms. The molecule has 0 bridgehead atoms. The van der Waals surface area contributed by atoms with Crippen LogP contribution in [0.15, 0.2) is 24.3 Å². The van der Waals surface area contributed by atoms with Gasteiger partial charge in [0.1, 0.15) is 6.07 Å². The maximum absolute atomic E-state index is 11.6. The first kappa shape index (κ1) is 16.0. The third-order valence-corrected chi connectivity index (χ3v) is 2.50. The molecule has 2 amide bonds. The second-order valence-corrected chi connectivity index (χ2v) is 4.86. The number of hydrogen-bond donors (Lipinski definition) is 2. The van der Waals surface area contributed by atoms with Crippen LogP contribution in [0.2, 0.25) is 0 Å². The summed E-state index contributed by atoms with van der Waals surface area (Å²) in [6.07, 6.45) is 0.764. The summed E-state index contributed by atoms with van der Waals surface area (Å²) in [5.41, 5.74) is 0.964. The van der Waals surface area contributed by atoms with Gasteiger partial charge < -0.3 is 15.4 Å². The third kappa shape index (κ3) is 6.21. The number of urea groups is 1. The average molecular weight is 275 g/mol. The summed E-state index contributed by atoms with van der Waals surface area (Å²) in [6.45, 7) is 6.10. The summed E-state index contributed by atoms with van der Waals surface area (Å²) in [5.74, 6) is 0.522. The van der Waals surface area contributed by atoms with Crippen molar-refractivity contribution in [3.63, 3.8) is 0 Å². The van der Waals surface area contributed by atoms with E-state index in [2.05, 4.69) is 24.5 Å². The number of amides is 2. The van der Waals surface area contributed by atoms with Crippen molar-refractivity contribution in [1.82, 2.24) is 5.32 Å². The topological polar surface area (TPSA) is 74.2 Å². The zero-order valence-electron chi connectivity index (χ0n) is 12.0. The van der Waals surface area contributed by atoms with Crippen LogP contribution in [0.25, 0.3) is 0 Å². The first-order valence-electron chi connectivity index (χ1n) is 6.75. The summed E-state index contributed by atoms with van der Waals surface area (Å²) >= 11 is 0. The highest BCUT2D eigenvalue weighted by molar-refractivity contribution is 5.90. The van der Waals surface area contributed by atoms with Crippen LogP contribution in [0.1, 0.15) is 25.8 Å². The van der Waals surface area contributed by atoms with Gasteiger partial charge in [0.15, 0.2) is 0 Å². The summed E-state index contributed by atoms with van der Waals surface area (Å²) in [6, 6.07) is 8.62. The van der Waals surface area contributed by atoms with Crippen molar-refractivity contribution < 1.29 is 9.53 Å². The number of ether oxygens (including phenoxy) is 1. The Morgan fingerprint density at radius 2 is 2.15 bits per heavy atom. The molecule has 5 nitrogen and oxygen atoms in total. The summed E-state index contributed by atoms with van der Waals surface area (Å²) in [7, 11) is 0. The van der Waals surface area contributed by atoms with Gasteiger partial charge in [0.2, 0.25) is 0 Å². The van der Waals surface area contributed by atoms with E-state index in [0.29, 0.717) is 30.3 Å². The predicted octanol–water partition coefficient (Wildman–Crippen LogP) is 2.74. The van der Waals surface area contributed by atoms with Gasteiger partial charge in [-0.25, -0.2) is 4.79 Å². The second-order valence-electron chi connectivity index (χ2n) is 4.86. The van der Waals surface area contributed by atoms with Crippen molar-refractivity contribution in [2.75, 3.05) is 25.1 Å². The van der Waals surface area contributed by atoms with Crippen LogP contribution < -0.4 is 10.6 Å². The number of carbonyl (C=O) groups excluding carboxylic acids is 1. The lowest BCUT2D eigenvalue weighted by Gasteiger charge is -2.09. The van der Waals surface area contributed by atoms with E-state index in [4.69, 9.17) is 10.00 Å². The molecule has 0 saturated heterocycles. The van der Waals surface area contributed by atoms with Gasteiger partial charge in [0.25, 0.3) is 0 Å². The molecule has 0 aromatic heterocycles. The van der Waals surface area contributed by atoms with E-state index in [0.717, 1.165) is 13.0 Å². The lowest BCUT2D eigenvalue weighted by atomic mass is 10.2. The molecule has 0 radical (unpaired) electrons. The van der Waals surface area contributed by atoms with Crippen LogP contribution in [0.5, 0.6) is 0 Å². The SMILES string of the molecule is CC(C)COCCCNC(=O)Nc1ccccc1C#N. The number of nitrogens with zero attached hydrogens (tertiary/aromatic N) is 1. The first-order chi connectivity index (χ1) is 9.63. The van der Waals surface area contributed by atoms with Gasteiger partial charge in [-0.3, -0.25) is 0 Å². The van der Waals surface area contributed by atoms with Crippen LogP contribution in [0.4, 0.5) is 10.5 Å². The molecule has 0 aliphatic heterocycles. The van der Waals surface area contributed by atoms with Crippen LogP contribution in [0.3, 0.4) is 0 Å². The number of nitriles is 1. The van der Waals surface area contributed by atoms with Crippen LogP contribution >= 0.6 is 0 Å². The number of rotatable bonds is 7. The molecule has 2 N–H and O–H groups in total. The Kier molecular flexibility index (Phi) is 7.15. The molecule has 0 aliphatic carbocycles. The Morgan fingerprint density at radius 3 is 2.85 bits per heavy atom. The average Bonchev–Trinajstić information content (AvgIpc) is 2.43. The number of benzene rings is 1. The normalized spacial score (nSPS) is 10.1. The maximum Gasteiger partial charge on any atom is 0.319 e. The molecule has 0 fully saturated rings. The molecule has 0 unspecified atom stereocenters. The zero-order chi connectivity index (χ0) is 14.8. The number of anilines is 1. The van der Waals surface area contributed by atoms with E-state index < -0.39 is 0 Å². The Labute approximate surface area is 119 Å². The molecule has 108 valence electrons. The van der Waals surface area contributed by atoms with E-state index in [9.17, 15) is 4.79 Å². The van der Waals surface area contributed by atoms with Gasteiger partial charge in [-0.2, -0.15) is 5.26 Å². The third-order valence-electron chi connectivity index (χ3n) is 2.50.